The van der Waals surface area contributed by atoms with Gasteiger partial charge in [-0.2, -0.15) is 0 Å². The number of alkyl halides is 12. The SMILES string of the molecule is FC(F)(F)C1(C(F)(F)F)O[Se]2(OC(C(F)(F)F)(C(F)(F)F)[C@H]2c2ccccc2)[C@@H]1c1ccccc1. The summed E-state index contributed by atoms with van der Waals surface area (Å²) < 4.78 is 176. The standard InChI is InChI=1S/C20H12F12O2Se/c21-17(22,23)15(18(24,25)26)13(11-7-3-1-4-8-11)35(33-15)14(12-9-5-2-6-10-12)16(34-35,19(27,28)29)20(30,31)32/h1-10,13-14H/t13-,14-/m1/s1. The van der Waals surface area contributed by atoms with Crippen molar-refractivity contribution in [3.63, 3.8) is 0 Å². The van der Waals surface area contributed by atoms with E-state index in [-0.39, 0.29) is 0 Å². The molecule has 1 spiro atoms. The maximum absolute atomic E-state index is 14.0. The van der Waals surface area contributed by atoms with Gasteiger partial charge in [0.15, 0.2) is 0 Å². The van der Waals surface area contributed by atoms with Crippen molar-refractivity contribution < 1.29 is 60.3 Å². The minimum absolute atomic E-state index is 0.755. The summed E-state index contributed by atoms with van der Waals surface area (Å²) in [5.74, 6) is 0. The molecular weight excluding hydrogens is 579 g/mol. The Morgan fingerprint density at radius 2 is 0.743 bits per heavy atom. The molecule has 2 saturated heterocycles. The molecule has 2 heterocycles. The van der Waals surface area contributed by atoms with Crippen LogP contribution in [0.2, 0.25) is 0 Å². The van der Waals surface area contributed by atoms with E-state index in [1.54, 1.807) is 0 Å². The molecule has 2 aromatic rings. The molecule has 0 N–H and O–H groups in total. The van der Waals surface area contributed by atoms with E-state index in [1.807, 2.05) is 0 Å². The van der Waals surface area contributed by atoms with Gasteiger partial charge in [0.05, 0.1) is 0 Å². The Balaban J connectivity index is 2.03. The van der Waals surface area contributed by atoms with E-state index in [0.717, 1.165) is 48.5 Å². The van der Waals surface area contributed by atoms with Crippen LogP contribution in [-0.2, 0) is 7.64 Å². The molecule has 15 heteroatoms. The van der Waals surface area contributed by atoms with Gasteiger partial charge in [-0.25, -0.2) is 0 Å². The molecule has 0 amide bonds. The second-order valence-electron chi connectivity index (χ2n) is 7.80. The Hall–Kier alpha value is -1.96. The Labute approximate surface area is 191 Å². The third kappa shape index (κ3) is 3.27. The second kappa shape index (κ2) is 7.53. The Morgan fingerprint density at radius 3 is 0.971 bits per heavy atom. The fourth-order valence-electron chi connectivity index (χ4n) is 4.43. The third-order valence-electron chi connectivity index (χ3n) is 5.81. The molecule has 0 saturated carbocycles. The predicted molar refractivity (Wildman–Crippen MR) is 96.0 cm³/mol. The summed E-state index contributed by atoms with van der Waals surface area (Å²) in [7, 11) is 0. The fraction of sp³-hybridized carbons (Fsp3) is 0.400. The van der Waals surface area contributed by atoms with Gasteiger partial charge in [-0.15, -0.1) is 0 Å². The van der Waals surface area contributed by atoms with Gasteiger partial charge in [0, 0.05) is 0 Å². The average molecular weight is 591 g/mol. The van der Waals surface area contributed by atoms with E-state index in [0.29, 0.717) is 0 Å². The second-order valence-corrected chi connectivity index (χ2v) is 12.9. The van der Waals surface area contributed by atoms with Gasteiger partial charge in [-0.1, -0.05) is 0 Å². The topological polar surface area (TPSA) is 18.5 Å². The molecule has 4 rings (SSSR count). The zero-order valence-corrected chi connectivity index (χ0v) is 18.4. The molecule has 0 aromatic heterocycles. The van der Waals surface area contributed by atoms with Gasteiger partial charge >= 0.3 is 191 Å². The Morgan fingerprint density at radius 1 is 0.486 bits per heavy atom. The first-order valence-corrected chi connectivity index (χ1v) is 12.8. The van der Waals surface area contributed by atoms with E-state index in [9.17, 15) is 52.7 Å². The Kier molecular flexibility index (Phi) is 5.62. The zero-order chi connectivity index (χ0) is 26.3. The van der Waals surface area contributed by atoms with Crippen LogP contribution in [-0.4, -0.2) is 49.4 Å². The van der Waals surface area contributed by atoms with Crippen molar-refractivity contribution in [3.8, 4) is 0 Å². The Bertz CT molecular complexity index is 960. The summed E-state index contributed by atoms with van der Waals surface area (Å²) in [5, 5.41) is 0. The van der Waals surface area contributed by atoms with E-state index >= 15 is 0 Å². The molecule has 2 aliphatic rings. The van der Waals surface area contributed by atoms with Gasteiger partial charge in [-0.3, -0.25) is 0 Å². The van der Waals surface area contributed by atoms with E-state index in [1.165, 1.54) is 12.1 Å². The van der Waals surface area contributed by atoms with Crippen molar-refractivity contribution in [2.24, 2.45) is 0 Å². The number of rotatable bonds is 2. The zero-order valence-electron chi connectivity index (χ0n) is 16.7. The van der Waals surface area contributed by atoms with Crippen molar-refractivity contribution >= 4 is 13.5 Å². The van der Waals surface area contributed by atoms with Crippen molar-refractivity contribution in [2.75, 3.05) is 0 Å². The summed E-state index contributed by atoms with van der Waals surface area (Å²) in [6.45, 7) is 0. The quantitative estimate of drug-likeness (QED) is 0.281. The van der Waals surface area contributed by atoms with Crippen molar-refractivity contribution in [1.29, 1.82) is 0 Å². The van der Waals surface area contributed by atoms with Crippen LogP contribution in [0.5, 0.6) is 0 Å². The van der Waals surface area contributed by atoms with Crippen molar-refractivity contribution in [3.05, 3.63) is 71.8 Å². The summed E-state index contributed by atoms with van der Waals surface area (Å²) in [4.78, 5) is -5.99. The minimum atomic E-state index is -6.24. The first-order valence-electron chi connectivity index (χ1n) is 9.46. The van der Waals surface area contributed by atoms with E-state index < -0.39 is 70.2 Å². The molecule has 2 atom stereocenters. The van der Waals surface area contributed by atoms with Crippen LogP contribution in [0.4, 0.5) is 52.7 Å². The summed E-state index contributed by atoms with van der Waals surface area (Å²) in [5.41, 5.74) is -11.7. The summed E-state index contributed by atoms with van der Waals surface area (Å²) in [6, 6.07) is 9.45. The molecular formula is C20H12F12O2Se. The van der Waals surface area contributed by atoms with E-state index in [4.69, 9.17) is 0 Å². The molecule has 0 radical (unpaired) electrons. The van der Waals surface area contributed by atoms with Crippen LogP contribution >= 0.6 is 0 Å². The molecule has 2 aromatic carbocycles. The molecule has 2 nitrogen and oxygen atoms in total. The molecule has 2 fully saturated rings. The monoisotopic (exact) mass is 592 g/mol. The number of benzene rings is 2. The molecule has 2 aliphatic heterocycles. The molecule has 35 heavy (non-hydrogen) atoms. The number of hydrogen-bond acceptors (Lipinski definition) is 2. The number of halogens is 12. The first kappa shape index (κ1) is 26.1. The fourth-order valence-corrected chi connectivity index (χ4v) is 13.7. The maximum atomic E-state index is 14.0. The van der Waals surface area contributed by atoms with Crippen LogP contribution < -0.4 is 0 Å². The molecule has 194 valence electrons. The predicted octanol–water partition coefficient (Wildman–Crippen LogP) is 6.86. The summed E-state index contributed by atoms with van der Waals surface area (Å²) >= 11 is -5.87. The molecule has 0 bridgehead atoms. The van der Waals surface area contributed by atoms with Gasteiger partial charge in [0.25, 0.3) is 0 Å². The van der Waals surface area contributed by atoms with Gasteiger partial charge in [0.1, 0.15) is 0 Å². The van der Waals surface area contributed by atoms with Crippen molar-refractivity contribution in [2.45, 2.75) is 45.5 Å². The van der Waals surface area contributed by atoms with Crippen LogP contribution in [0, 0.1) is 0 Å². The normalized spacial score (nSPS) is 26.5. The summed E-state index contributed by atoms with van der Waals surface area (Å²) in [6.07, 6.45) is -25.0. The van der Waals surface area contributed by atoms with Crippen LogP contribution in [0.1, 0.15) is 20.8 Å². The van der Waals surface area contributed by atoms with Crippen molar-refractivity contribution in [1.82, 2.24) is 0 Å². The van der Waals surface area contributed by atoms with Gasteiger partial charge in [-0.05, 0) is 0 Å². The van der Waals surface area contributed by atoms with Crippen LogP contribution in [0.25, 0.3) is 0 Å². The van der Waals surface area contributed by atoms with Crippen LogP contribution in [0.3, 0.4) is 0 Å². The molecule has 0 aliphatic carbocycles. The van der Waals surface area contributed by atoms with Gasteiger partial charge < -0.3 is 0 Å². The van der Waals surface area contributed by atoms with Gasteiger partial charge in [0.2, 0.25) is 0 Å². The number of hydrogen-bond donors (Lipinski definition) is 0. The van der Waals surface area contributed by atoms with Crippen LogP contribution in [0.15, 0.2) is 60.7 Å². The first-order chi connectivity index (χ1) is 15.9. The van der Waals surface area contributed by atoms with E-state index in [2.05, 4.69) is 7.64 Å². The molecule has 0 unspecified atom stereocenters. The average Bonchev–Trinajstić information content (AvgIpc) is 2.64. The third-order valence-corrected chi connectivity index (χ3v) is 13.3.